The van der Waals surface area contributed by atoms with Gasteiger partial charge in [-0.05, 0) is 67.2 Å². The fourth-order valence-electron chi connectivity index (χ4n) is 4.90. The molecule has 1 spiro atoms. The quantitative estimate of drug-likeness (QED) is 0.520. The van der Waals surface area contributed by atoms with Crippen molar-refractivity contribution in [3.8, 4) is 5.75 Å². The van der Waals surface area contributed by atoms with E-state index in [0.29, 0.717) is 11.1 Å². The van der Waals surface area contributed by atoms with Gasteiger partial charge in [-0.15, -0.1) is 13.2 Å². The fourth-order valence-corrected chi connectivity index (χ4v) is 6.84. The minimum atomic E-state index is -4.87. The number of rotatable bonds is 7. The summed E-state index contributed by atoms with van der Waals surface area (Å²) in [6.45, 7) is 3.57. The van der Waals surface area contributed by atoms with Crippen LogP contribution >= 0.6 is 0 Å². The summed E-state index contributed by atoms with van der Waals surface area (Å²) in [7, 11) is -7.07. The first-order chi connectivity index (χ1) is 18.5. The van der Waals surface area contributed by atoms with Gasteiger partial charge in [-0.1, -0.05) is 24.3 Å². The maximum atomic E-state index is 13.1. The SMILES string of the molecule is Cc1cc(CS(C)(=O)=O)cc(C)c1/C=C/S(=O)(=O)N1CCC2(CC1)N=C(c1cccc(OC(F)(F)F)c1)NC2=O. The Bertz CT molecular complexity index is 1590. The Balaban J connectivity index is 1.47. The van der Waals surface area contributed by atoms with Crippen LogP contribution in [0.15, 0.2) is 46.8 Å². The largest absolute Gasteiger partial charge is 0.573 e. The number of amides is 1. The second-order valence-electron chi connectivity index (χ2n) is 9.98. The molecule has 0 radical (unpaired) electrons. The number of hydrogen-bond acceptors (Lipinski definition) is 7. The van der Waals surface area contributed by atoms with Crippen molar-refractivity contribution in [3.05, 3.63) is 69.6 Å². The van der Waals surface area contributed by atoms with E-state index in [1.165, 1.54) is 22.5 Å². The Morgan fingerprint density at radius 2 is 1.70 bits per heavy atom. The van der Waals surface area contributed by atoms with E-state index in [2.05, 4.69) is 15.0 Å². The predicted octanol–water partition coefficient (Wildman–Crippen LogP) is 3.46. The van der Waals surface area contributed by atoms with E-state index in [0.717, 1.165) is 34.9 Å². The van der Waals surface area contributed by atoms with E-state index in [4.69, 9.17) is 0 Å². The van der Waals surface area contributed by atoms with Crippen molar-refractivity contribution < 1.29 is 39.5 Å². The topological polar surface area (TPSA) is 122 Å². The van der Waals surface area contributed by atoms with Crippen LogP contribution in [-0.4, -0.2) is 64.1 Å². The number of piperidine rings is 1. The van der Waals surface area contributed by atoms with Crippen LogP contribution in [0.3, 0.4) is 0 Å². The summed E-state index contributed by atoms with van der Waals surface area (Å²) in [5.74, 6) is -0.917. The Morgan fingerprint density at radius 1 is 1.07 bits per heavy atom. The minimum Gasteiger partial charge on any atom is -0.406 e. The molecule has 1 saturated heterocycles. The molecule has 1 N–H and O–H groups in total. The van der Waals surface area contributed by atoms with Crippen LogP contribution in [-0.2, 0) is 30.4 Å². The highest BCUT2D eigenvalue weighted by Crippen LogP contribution is 2.33. The number of sulfonamides is 1. The number of benzene rings is 2. The van der Waals surface area contributed by atoms with E-state index < -0.39 is 43.4 Å². The summed E-state index contributed by atoms with van der Waals surface area (Å²) in [5, 5.41) is 3.70. The molecule has 2 aromatic rings. The highest BCUT2D eigenvalue weighted by atomic mass is 32.2. The van der Waals surface area contributed by atoms with Gasteiger partial charge in [0.25, 0.3) is 5.91 Å². The lowest BCUT2D eigenvalue weighted by molar-refractivity contribution is -0.274. The van der Waals surface area contributed by atoms with Gasteiger partial charge in [0.05, 0.1) is 5.75 Å². The van der Waals surface area contributed by atoms with Gasteiger partial charge in [-0.25, -0.2) is 16.8 Å². The molecule has 14 heteroatoms. The number of carbonyl (C=O) groups excluding carboxylic acids is 1. The molecule has 1 amide bonds. The van der Waals surface area contributed by atoms with E-state index in [1.807, 2.05) is 0 Å². The Morgan fingerprint density at radius 3 is 2.27 bits per heavy atom. The van der Waals surface area contributed by atoms with Crippen LogP contribution in [0, 0.1) is 13.8 Å². The number of hydrogen-bond donors (Lipinski definition) is 1. The smallest absolute Gasteiger partial charge is 0.406 e. The number of aliphatic imine (C=N–C) groups is 1. The average molecular weight is 600 g/mol. The van der Waals surface area contributed by atoms with Crippen molar-refractivity contribution in [2.45, 2.75) is 44.3 Å². The van der Waals surface area contributed by atoms with Crippen molar-refractivity contribution in [1.82, 2.24) is 9.62 Å². The van der Waals surface area contributed by atoms with Crippen molar-refractivity contribution >= 4 is 37.7 Å². The molecule has 2 aliphatic heterocycles. The number of amidine groups is 1. The molecule has 216 valence electrons. The molecule has 0 aliphatic carbocycles. The number of carbonyl (C=O) groups is 1. The molecule has 40 heavy (non-hydrogen) atoms. The second-order valence-corrected chi connectivity index (χ2v) is 13.9. The number of aryl methyl sites for hydroxylation is 2. The Labute approximate surface area is 230 Å². The van der Waals surface area contributed by atoms with Crippen molar-refractivity contribution in [1.29, 1.82) is 0 Å². The molecule has 0 bridgehead atoms. The molecule has 2 heterocycles. The second kappa shape index (κ2) is 10.6. The lowest BCUT2D eigenvalue weighted by Crippen LogP contribution is -2.50. The molecule has 0 saturated carbocycles. The number of nitrogens with one attached hydrogen (secondary N) is 1. The van der Waals surface area contributed by atoms with Crippen LogP contribution < -0.4 is 10.1 Å². The summed E-state index contributed by atoms with van der Waals surface area (Å²) < 4.78 is 92.4. The predicted molar refractivity (Wildman–Crippen MR) is 144 cm³/mol. The van der Waals surface area contributed by atoms with E-state index in [-0.39, 0.29) is 43.1 Å². The van der Waals surface area contributed by atoms with Gasteiger partial charge in [0.2, 0.25) is 10.0 Å². The third-order valence-corrected chi connectivity index (χ3v) is 9.14. The molecule has 0 unspecified atom stereocenters. The first-order valence-corrected chi connectivity index (χ1v) is 15.8. The number of halogens is 3. The van der Waals surface area contributed by atoms with E-state index in [9.17, 15) is 34.8 Å². The average Bonchev–Trinajstić information content (AvgIpc) is 3.12. The van der Waals surface area contributed by atoms with Crippen LogP contribution in [0.5, 0.6) is 5.75 Å². The molecule has 9 nitrogen and oxygen atoms in total. The van der Waals surface area contributed by atoms with Gasteiger partial charge in [-0.3, -0.25) is 9.79 Å². The Hall–Kier alpha value is -3.23. The first kappa shape index (κ1) is 29.7. The van der Waals surface area contributed by atoms with E-state index >= 15 is 0 Å². The van der Waals surface area contributed by atoms with E-state index in [1.54, 1.807) is 26.0 Å². The summed E-state index contributed by atoms with van der Waals surface area (Å²) >= 11 is 0. The lowest BCUT2D eigenvalue weighted by Gasteiger charge is -2.34. The molecular weight excluding hydrogens is 571 g/mol. The third kappa shape index (κ3) is 6.91. The van der Waals surface area contributed by atoms with Gasteiger partial charge in [0, 0.05) is 30.3 Å². The minimum absolute atomic E-state index is 0.0133. The highest BCUT2D eigenvalue weighted by molar-refractivity contribution is 7.92. The van der Waals surface area contributed by atoms with Crippen molar-refractivity contribution in [2.75, 3.05) is 19.3 Å². The van der Waals surface area contributed by atoms with Crippen molar-refractivity contribution in [3.63, 3.8) is 0 Å². The summed E-state index contributed by atoms with van der Waals surface area (Å²) in [5.41, 5.74) is 1.75. The van der Waals surface area contributed by atoms with Gasteiger partial charge in [0.1, 0.15) is 17.1 Å². The molecular formula is C26H28F3N3O6S2. The fraction of sp³-hybridized carbons (Fsp3) is 0.385. The molecule has 4 rings (SSSR count). The number of nitrogens with zero attached hydrogens (tertiary/aromatic N) is 2. The van der Waals surface area contributed by atoms with Crippen LogP contribution in [0.4, 0.5) is 13.2 Å². The molecule has 2 aromatic carbocycles. The summed E-state index contributed by atoms with van der Waals surface area (Å²) in [6, 6.07) is 8.51. The molecule has 0 aromatic heterocycles. The highest BCUT2D eigenvalue weighted by Gasteiger charge is 2.47. The molecule has 1 fully saturated rings. The van der Waals surface area contributed by atoms with Crippen LogP contribution in [0.1, 0.15) is 40.7 Å². The maximum absolute atomic E-state index is 13.1. The van der Waals surface area contributed by atoms with Gasteiger partial charge < -0.3 is 10.1 Å². The molecule has 0 atom stereocenters. The monoisotopic (exact) mass is 599 g/mol. The zero-order valence-corrected chi connectivity index (χ0v) is 23.6. The standard InChI is InChI=1S/C26H28F3N3O6S2/c1-17-13-19(16-39(3,34)35)14-18(2)22(17)7-12-40(36,37)32-10-8-25(9-11-32)24(33)30-23(31-25)20-5-4-6-21(15-20)38-26(27,28)29/h4-7,12-15H,8-11,16H2,1-3H3,(H,30,31,33)/b12-7+. The lowest BCUT2D eigenvalue weighted by atomic mass is 9.89. The summed E-state index contributed by atoms with van der Waals surface area (Å²) in [6.07, 6.45) is -2.07. The van der Waals surface area contributed by atoms with Crippen LogP contribution in [0.25, 0.3) is 6.08 Å². The zero-order valence-electron chi connectivity index (χ0n) is 21.9. The summed E-state index contributed by atoms with van der Waals surface area (Å²) in [4.78, 5) is 17.3. The zero-order chi connectivity index (χ0) is 29.5. The van der Waals surface area contributed by atoms with Gasteiger partial charge in [-0.2, -0.15) is 4.31 Å². The van der Waals surface area contributed by atoms with Gasteiger partial charge >= 0.3 is 6.36 Å². The normalized spacial score (nSPS) is 18.2. The van der Waals surface area contributed by atoms with Crippen LogP contribution in [0.2, 0.25) is 0 Å². The van der Waals surface area contributed by atoms with Gasteiger partial charge in [0.15, 0.2) is 9.84 Å². The number of ether oxygens (including phenoxy) is 1. The number of sulfone groups is 1. The third-order valence-electron chi connectivity index (χ3n) is 6.72. The molecule has 2 aliphatic rings. The number of alkyl halides is 3. The van der Waals surface area contributed by atoms with Crippen molar-refractivity contribution in [2.24, 2.45) is 4.99 Å². The Kier molecular flexibility index (Phi) is 7.91. The maximum Gasteiger partial charge on any atom is 0.573 e. The first-order valence-electron chi connectivity index (χ1n) is 12.2.